The van der Waals surface area contributed by atoms with E-state index in [4.69, 9.17) is 4.74 Å². The van der Waals surface area contributed by atoms with Crippen LogP contribution in [0.4, 0.5) is 0 Å². The summed E-state index contributed by atoms with van der Waals surface area (Å²) in [6.07, 6.45) is 3.78. The van der Waals surface area contributed by atoms with Gasteiger partial charge in [0.1, 0.15) is 6.61 Å². The minimum atomic E-state index is -0.249. The van der Waals surface area contributed by atoms with Crippen LogP contribution in [0.5, 0.6) is 0 Å². The first-order valence-corrected chi connectivity index (χ1v) is 6.74. The van der Waals surface area contributed by atoms with Gasteiger partial charge in [-0.25, -0.2) is 0 Å². The topological polar surface area (TPSA) is 66.8 Å². The Morgan fingerprint density at radius 1 is 1.47 bits per heavy atom. The molecule has 1 saturated carbocycles. The van der Waals surface area contributed by atoms with Gasteiger partial charge in [0.25, 0.3) is 0 Å². The lowest BCUT2D eigenvalue weighted by Crippen LogP contribution is -2.28. The van der Waals surface area contributed by atoms with Crippen LogP contribution < -0.4 is 0 Å². The van der Waals surface area contributed by atoms with Crippen LogP contribution in [0.15, 0.2) is 23.8 Å². The highest BCUT2D eigenvalue weighted by molar-refractivity contribution is 5.72. The van der Waals surface area contributed by atoms with Crippen molar-refractivity contribution in [1.82, 2.24) is 0 Å². The van der Waals surface area contributed by atoms with Crippen molar-refractivity contribution in [2.75, 3.05) is 19.8 Å². The van der Waals surface area contributed by atoms with E-state index in [1.165, 1.54) is 5.57 Å². The number of carbonyl (C=O) groups excluding carboxylic acids is 1. The van der Waals surface area contributed by atoms with Crippen LogP contribution in [0.1, 0.15) is 26.2 Å². The highest BCUT2D eigenvalue weighted by atomic mass is 16.5. The van der Waals surface area contributed by atoms with Gasteiger partial charge in [-0.3, -0.25) is 4.79 Å². The number of hydrogen-bond donors (Lipinski definition) is 2. The van der Waals surface area contributed by atoms with Crippen molar-refractivity contribution in [3.63, 3.8) is 0 Å². The summed E-state index contributed by atoms with van der Waals surface area (Å²) in [5.74, 6) is -0.181. The first kappa shape index (κ1) is 14.3. The summed E-state index contributed by atoms with van der Waals surface area (Å²) in [4.78, 5) is 11.3. The first-order chi connectivity index (χ1) is 9.03. The zero-order valence-corrected chi connectivity index (χ0v) is 11.4. The van der Waals surface area contributed by atoms with Gasteiger partial charge in [-0.1, -0.05) is 18.6 Å². The maximum absolute atomic E-state index is 11.3. The van der Waals surface area contributed by atoms with Crippen molar-refractivity contribution in [3.05, 3.63) is 23.8 Å². The van der Waals surface area contributed by atoms with Gasteiger partial charge in [0, 0.05) is 12.5 Å². The fourth-order valence-electron chi connectivity index (χ4n) is 3.20. The second-order valence-corrected chi connectivity index (χ2v) is 5.99. The molecule has 2 N–H and O–H groups in total. The van der Waals surface area contributed by atoms with E-state index < -0.39 is 0 Å². The molecule has 0 radical (unpaired) electrons. The molecule has 2 fully saturated rings. The second-order valence-electron chi connectivity index (χ2n) is 5.99. The van der Waals surface area contributed by atoms with Crippen molar-refractivity contribution in [1.29, 1.82) is 0 Å². The molecule has 2 rings (SSSR count). The SMILES string of the molecule is C=C[C@@H]1C[C@@](C)(CO)CC1=C1COC(=O)C[C@H]1CO. The van der Waals surface area contributed by atoms with Crippen molar-refractivity contribution < 1.29 is 19.7 Å². The van der Waals surface area contributed by atoms with Gasteiger partial charge in [0.05, 0.1) is 13.0 Å². The van der Waals surface area contributed by atoms with E-state index in [0.29, 0.717) is 0 Å². The van der Waals surface area contributed by atoms with Gasteiger partial charge in [0.2, 0.25) is 0 Å². The molecule has 1 aliphatic carbocycles. The number of cyclic esters (lactones) is 1. The Morgan fingerprint density at radius 2 is 2.21 bits per heavy atom. The maximum atomic E-state index is 11.3. The van der Waals surface area contributed by atoms with Gasteiger partial charge < -0.3 is 14.9 Å². The molecule has 0 spiro atoms. The Kier molecular flexibility index (Phi) is 4.11. The predicted octanol–water partition coefficient (Wildman–Crippen LogP) is 1.43. The highest BCUT2D eigenvalue weighted by Gasteiger charge is 2.40. The Hall–Kier alpha value is -1.13. The van der Waals surface area contributed by atoms with E-state index in [0.717, 1.165) is 18.4 Å². The summed E-state index contributed by atoms with van der Waals surface area (Å²) >= 11 is 0. The molecule has 2 aliphatic rings. The summed E-state index contributed by atoms with van der Waals surface area (Å²) in [7, 11) is 0. The molecule has 4 heteroatoms. The average Bonchev–Trinajstić information content (AvgIpc) is 2.76. The number of allylic oxidation sites excluding steroid dienone is 2. The monoisotopic (exact) mass is 266 g/mol. The molecular formula is C15H22O4. The van der Waals surface area contributed by atoms with Crippen LogP contribution >= 0.6 is 0 Å². The molecule has 0 bridgehead atoms. The lowest BCUT2D eigenvalue weighted by molar-refractivity contribution is -0.146. The molecule has 0 aromatic carbocycles. The van der Waals surface area contributed by atoms with Crippen LogP contribution in [-0.2, 0) is 9.53 Å². The molecule has 1 heterocycles. The Balaban J connectivity index is 2.33. The minimum absolute atomic E-state index is 0.0341. The smallest absolute Gasteiger partial charge is 0.306 e. The second kappa shape index (κ2) is 5.47. The standard InChI is InChI=1S/C15H22O4/c1-3-10-5-15(2,9-17)6-12(10)13-8-19-14(18)4-11(13)7-16/h3,10-11,16-17H,1,4-9H2,2H3/t10-,11+,15-/m1/s1. The number of carbonyl (C=O) groups is 1. The number of hydrogen-bond acceptors (Lipinski definition) is 4. The molecule has 4 nitrogen and oxygen atoms in total. The third kappa shape index (κ3) is 2.74. The van der Waals surface area contributed by atoms with Crippen LogP contribution in [0.2, 0.25) is 0 Å². The largest absolute Gasteiger partial charge is 0.461 e. The Labute approximate surface area is 113 Å². The van der Waals surface area contributed by atoms with Gasteiger partial charge >= 0.3 is 5.97 Å². The third-order valence-electron chi connectivity index (χ3n) is 4.37. The van der Waals surface area contributed by atoms with E-state index in [-0.39, 0.29) is 49.5 Å². The van der Waals surface area contributed by atoms with Crippen molar-refractivity contribution in [2.45, 2.75) is 26.2 Å². The average molecular weight is 266 g/mol. The molecule has 106 valence electrons. The molecule has 1 saturated heterocycles. The number of rotatable bonds is 3. The number of ether oxygens (including phenoxy) is 1. The third-order valence-corrected chi connectivity index (χ3v) is 4.37. The minimum Gasteiger partial charge on any atom is -0.461 e. The fraction of sp³-hybridized carbons (Fsp3) is 0.667. The van der Waals surface area contributed by atoms with Gasteiger partial charge in [0.15, 0.2) is 0 Å². The van der Waals surface area contributed by atoms with Gasteiger partial charge in [-0.2, -0.15) is 0 Å². The Bertz CT molecular complexity index is 412. The molecule has 1 aliphatic heterocycles. The van der Waals surface area contributed by atoms with Crippen molar-refractivity contribution >= 4 is 5.97 Å². The van der Waals surface area contributed by atoms with E-state index >= 15 is 0 Å². The van der Waals surface area contributed by atoms with E-state index in [2.05, 4.69) is 13.5 Å². The molecule has 3 atom stereocenters. The number of aliphatic hydroxyl groups is 2. The lowest BCUT2D eigenvalue weighted by Gasteiger charge is -2.27. The molecule has 0 aromatic heterocycles. The van der Waals surface area contributed by atoms with E-state index in [1.807, 2.05) is 6.08 Å². The first-order valence-electron chi connectivity index (χ1n) is 6.74. The van der Waals surface area contributed by atoms with Crippen LogP contribution in [0.3, 0.4) is 0 Å². The van der Waals surface area contributed by atoms with Crippen LogP contribution in [0.25, 0.3) is 0 Å². The quantitative estimate of drug-likeness (QED) is 0.599. The van der Waals surface area contributed by atoms with Gasteiger partial charge in [-0.05, 0) is 29.7 Å². The zero-order valence-electron chi connectivity index (χ0n) is 11.4. The van der Waals surface area contributed by atoms with Crippen molar-refractivity contribution in [2.24, 2.45) is 17.3 Å². The summed E-state index contributed by atoms with van der Waals surface area (Å²) in [6, 6.07) is 0. The van der Waals surface area contributed by atoms with Crippen molar-refractivity contribution in [3.8, 4) is 0 Å². The maximum Gasteiger partial charge on any atom is 0.306 e. The number of aliphatic hydroxyl groups excluding tert-OH is 2. The molecule has 0 unspecified atom stereocenters. The lowest BCUT2D eigenvalue weighted by atomic mass is 9.86. The molecule has 19 heavy (non-hydrogen) atoms. The zero-order chi connectivity index (χ0) is 14.0. The molecule has 0 amide bonds. The summed E-state index contributed by atoms with van der Waals surface area (Å²) in [5.41, 5.74) is 2.09. The molecule has 0 aromatic rings. The summed E-state index contributed by atoms with van der Waals surface area (Å²) < 4.78 is 5.12. The van der Waals surface area contributed by atoms with Crippen LogP contribution in [-0.4, -0.2) is 36.0 Å². The van der Waals surface area contributed by atoms with Crippen LogP contribution in [0, 0.1) is 17.3 Å². The van der Waals surface area contributed by atoms with Gasteiger partial charge in [-0.15, -0.1) is 6.58 Å². The fourth-order valence-corrected chi connectivity index (χ4v) is 3.20. The van der Waals surface area contributed by atoms with E-state index in [1.54, 1.807) is 0 Å². The normalized spacial score (nSPS) is 39.2. The van der Waals surface area contributed by atoms with E-state index in [9.17, 15) is 15.0 Å². The summed E-state index contributed by atoms with van der Waals surface area (Å²) in [5, 5.41) is 19.0. The molecular weight excluding hydrogens is 244 g/mol. The summed E-state index contributed by atoms with van der Waals surface area (Å²) in [6.45, 7) is 6.29. The Morgan fingerprint density at radius 3 is 2.79 bits per heavy atom. The number of esters is 1. The highest BCUT2D eigenvalue weighted by Crippen LogP contribution is 2.48. The predicted molar refractivity (Wildman–Crippen MR) is 71.3 cm³/mol.